The third kappa shape index (κ3) is 4.55. The number of ether oxygens (including phenoxy) is 1. The van der Waals surface area contributed by atoms with Gasteiger partial charge < -0.3 is 15.2 Å². The highest BCUT2D eigenvalue weighted by Crippen LogP contribution is 2.17. The lowest BCUT2D eigenvalue weighted by molar-refractivity contribution is 0.0910. The molecule has 0 saturated heterocycles. The Hall–Kier alpha value is -3.19. The second-order valence-electron chi connectivity index (χ2n) is 6.40. The summed E-state index contributed by atoms with van der Waals surface area (Å²) in [6, 6.07) is 16.7. The molecule has 2 aromatic carbocycles. The van der Waals surface area contributed by atoms with Crippen molar-refractivity contribution in [2.24, 2.45) is 0 Å². The predicted molar refractivity (Wildman–Crippen MR) is 106 cm³/mol. The molecule has 0 aliphatic heterocycles. The van der Waals surface area contributed by atoms with Gasteiger partial charge in [0.05, 0.1) is 30.6 Å². The van der Waals surface area contributed by atoms with Crippen molar-refractivity contribution in [3.63, 3.8) is 0 Å². The Morgan fingerprint density at radius 1 is 1.18 bits per heavy atom. The first kappa shape index (κ1) is 19.6. The van der Waals surface area contributed by atoms with Gasteiger partial charge in [-0.05, 0) is 50.1 Å². The summed E-state index contributed by atoms with van der Waals surface area (Å²) in [5.74, 6) is 0.415. The highest BCUT2D eigenvalue weighted by atomic mass is 16.5. The van der Waals surface area contributed by atoms with Crippen molar-refractivity contribution in [2.75, 3.05) is 13.2 Å². The number of benzene rings is 2. The zero-order valence-electron chi connectivity index (χ0n) is 16.0. The highest BCUT2D eigenvalue weighted by molar-refractivity contribution is 5.93. The van der Waals surface area contributed by atoms with Crippen molar-refractivity contribution in [1.29, 1.82) is 0 Å². The van der Waals surface area contributed by atoms with Crippen molar-refractivity contribution in [3.8, 4) is 11.4 Å². The van der Waals surface area contributed by atoms with E-state index in [2.05, 4.69) is 15.6 Å². The largest absolute Gasteiger partial charge is 0.494 e. The standard InChI is InChI=1S/C21H24N4O3/c1-3-28-19-11-9-18(10-12-19)25-15(2)20(23-24-25)21(27)22-17(14-26)13-16-7-5-4-6-8-16/h4-12,17,26H,3,13-14H2,1-2H3,(H,22,27)/t17-/m0/s1. The summed E-state index contributed by atoms with van der Waals surface area (Å²) in [4.78, 5) is 12.7. The van der Waals surface area contributed by atoms with Gasteiger partial charge in [0.25, 0.3) is 5.91 Å². The zero-order chi connectivity index (χ0) is 19.9. The van der Waals surface area contributed by atoms with Crippen LogP contribution >= 0.6 is 0 Å². The van der Waals surface area contributed by atoms with Crippen LogP contribution in [0.5, 0.6) is 5.75 Å². The van der Waals surface area contributed by atoms with Crippen LogP contribution in [0.3, 0.4) is 0 Å². The molecule has 0 aliphatic carbocycles. The summed E-state index contributed by atoms with van der Waals surface area (Å²) < 4.78 is 7.05. The molecule has 0 radical (unpaired) electrons. The lowest BCUT2D eigenvalue weighted by atomic mass is 10.1. The summed E-state index contributed by atoms with van der Waals surface area (Å²) in [5.41, 5.74) is 2.69. The van der Waals surface area contributed by atoms with E-state index in [0.29, 0.717) is 18.7 Å². The van der Waals surface area contributed by atoms with Crippen LogP contribution in [0, 0.1) is 6.92 Å². The minimum atomic E-state index is -0.398. The normalized spacial score (nSPS) is 11.8. The SMILES string of the molecule is CCOc1ccc(-n2nnc(C(=O)N[C@H](CO)Cc3ccccc3)c2C)cc1. The average Bonchev–Trinajstić information content (AvgIpc) is 3.10. The number of aliphatic hydroxyl groups is 1. The molecule has 28 heavy (non-hydrogen) atoms. The lowest BCUT2D eigenvalue weighted by Gasteiger charge is -2.15. The molecule has 3 aromatic rings. The number of hydrogen-bond acceptors (Lipinski definition) is 5. The van der Waals surface area contributed by atoms with E-state index in [1.807, 2.05) is 61.5 Å². The van der Waals surface area contributed by atoms with Gasteiger partial charge in [0.2, 0.25) is 0 Å². The van der Waals surface area contributed by atoms with Crippen LogP contribution in [-0.2, 0) is 6.42 Å². The highest BCUT2D eigenvalue weighted by Gasteiger charge is 2.20. The molecule has 1 amide bonds. The van der Waals surface area contributed by atoms with E-state index in [4.69, 9.17) is 4.74 Å². The van der Waals surface area contributed by atoms with Crippen LogP contribution in [-0.4, -0.2) is 45.3 Å². The fourth-order valence-corrected chi connectivity index (χ4v) is 2.95. The molecule has 0 saturated carbocycles. The maximum absolute atomic E-state index is 12.7. The van der Waals surface area contributed by atoms with E-state index < -0.39 is 6.04 Å². The Morgan fingerprint density at radius 2 is 1.89 bits per heavy atom. The number of aliphatic hydroxyl groups excluding tert-OH is 1. The number of aromatic nitrogens is 3. The van der Waals surface area contributed by atoms with Crippen molar-refractivity contribution >= 4 is 5.91 Å². The molecule has 3 rings (SSSR count). The fourth-order valence-electron chi connectivity index (χ4n) is 2.95. The monoisotopic (exact) mass is 380 g/mol. The second kappa shape index (κ2) is 9.14. The van der Waals surface area contributed by atoms with Crippen LogP contribution in [0.1, 0.15) is 28.7 Å². The minimum Gasteiger partial charge on any atom is -0.494 e. The molecular formula is C21H24N4O3. The number of carbonyl (C=O) groups is 1. The maximum Gasteiger partial charge on any atom is 0.274 e. The molecule has 146 valence electrons. The van der Waals surface area contributed by atoms with Crippen molar-refractivity contribution in [1.82, 2.24) is 20.3 Å². The van der Waals surface area contributed by atoms with Gasteiger partial charge in [0.15, 0.2) is 5.69 Å². The van der Waals surface area contributed by atoms with Crippen LogP contribution in [0.2, 0.25) is 0 Å². The van der Waals surface area contributed by atoms with E-state index in [0.717, 1.165) is 17.0 Å². The lowest BCUT2D eigenvalue weighted by Crippen LogP contribution is -2.39. The molecule has 1 aromatic heterocycles. The van der Waals surface area contributed by atoms with Gasteiger partial charge in [-0.15, -0.1) is 5.10 Å². The quantitative estimate of drug-likeness (QED) is 0.626. The number of hydrogen-bond donors (Lipinski definition) is 2. The predicted octanol–water partition coefficient (Wildman–Crippen LogP) is 2.31. The molecule has 1 heterocycles. The molecule has 2 N–H and O–H groups in total. The van der Waals surface area contributed by atoms with Gasteiger partial charge in [0.1, 0.15) is 5.75 Å². The Balaban J connectivity index is 1.72. The zero-order valence-corrected chi connectivity index (χ0v) is 16.0. The fraction of sp³-hybridized carbons (Fsp3) is 0.286. The van der Waals surface area contributed by atoms with Gasteiger partial charge >= 0.3 is 0 Å². The molecule has 7 heteroatoms. The first-order valence-corrected chi connectivity index (χ1v) is 9.23. The summed E-state index contributed by atoms with van der Waals surface area (Å²) in [6.07, 6.45) is 0.537. The first-order valence-electron chi connectivity index (χ1n) is 9.23. The number of rotatable bonds is 8. The van der Waals surface area contributed by atoms with Crippen molar-refractivity contribution in [3.05, 3.63) is 71.5 Å². The summed E-state index contributed by atoms with van der Waals surface area (Å²) in [7, 11) is 0. The van der Waals surface area contributed by atoms with E-state index in [1.54, 1.807) is 11.6 Å². The molecule has 0 aliphatic rings. The van der Waals surface area contributed by atoms with Crippen LogP contribution < -0.4 is 10.1 Å². The van der Waals surface area contributed by atoms with Crippen LogP contribution in [0.15, 0.2) is 54.6 Å². The Bertz CT molecular complexity index is 907. The smallest absolute Gasteiger partial charge is 0.274 e. The number of nitrogens with zero attached hydrogens (tertiary/aromatic N) is 3. The molecular weight excluding hydrogens is 356 g/mol. The first-order chi connectivity index (χ1) is 13.6. The average molecular weight is 380 g/mol. The molecule has 0 spiro atoms. The van der Waals surface area contributed by atoms with Gasteiger partial charge in [0, 0.05) is 0 Å². The molecule has 1 atom stereocenters. The number of carbonyl (C=O) groups excluding carboxylic acids is 1. The Morgan fingerprint density at radius 3 is 2.54 bits per heavy atom. The van der Waals surface area contributed by atoms with Crippen molar-refractivity contribution in [2.45, 2.75) is 26.3 Å². The molecule has 7 nitrogen and oxygen atoms in total. The maximum atomic E-state index is 12.7. The molecule has 0 fully saturated rings. The Kier molecular flexibility index (Phi) is 6.39. The second-order valence-corrected chi connectivity index (χ2v) is 6.40. The van der Waals surface area contributed by atoms with E-state index >= 15 is 0 Å². The van der Waals surface area contributed by atoms with Gasteiger partial charge in [-0.3, -0.25) is 4.79 Å². The van der Waals surface area contributed by atoms with Gasteiger partial charge in [-0.1, -0.05) is 35.5 Å². The van der Waals surface area contributed by atoms with Gasteiger partial charge in [-0.25, -0.2) is 4.68 Å². The number of nitrogens with one attached hydrogen (secondary N) is 1. The third-order valence-electron chi connectivity index (χ3n) is 4.38. The minimum absolute atomic E-state index is 0.160. The summed E-state index contributed by atoms with van der Waals surface area (Å²) in [6.45, 7) is 4.15. The van der Waals surface area contributed by atoms with E-state index in [-0.39, 0.29) is 18.2 Å². The summed E-state index contributed by atoms with van der Waals surface area (Å²) in [5, 5.41) is 20.6. The Labute approximate surface area is 164 Å². The van der Waals surface area contributed by atoms with E-state index in [9.17, 15) is 9.90 Å². The molecule has 0 bridgehead atoms. The number of amides is 1. The topological polar surface area (TPSA) is 89.3 Å². The van der Waals surface area contributed by atoms with E-state index in [1.165, 1.54) is 0 Å². The van der Waals surface area contributed by atoms with Gasteiger partial charge in [-0.2, -0.15) is 0 Å². The van der Waals surface area contributed by atoms with Crippen molar-refractivity contribution < 1.29 is 14.6 Å². The van der Waals surface area contributed by atoms with Crippen LogP contribution in [0.4, 0.5) is 0 Å². The van der Waals surface area contributed by atoms with Crippen LogP contribution in [0.25, 0.3) is 5.69 Å². The third-order valence-corrected chi connectivity index (χ3v) is 4.38. The summed E-state index contributed by atoms with van der Waals surface area (Å²) >= 11 is 0. The molecule has 0 unspecified atom stereocenters.